The molecule has 0 heterocycles. The van der Waals surface area contributed by atoms with Crippen molar-refractivity contribution >= 4 is 93.4 Å². The van der Waals surface area contributed by atoms with Crippen LogP contribution in [0.4, 0.5) is 28.4 Å². The summed E-state index contributed by atoms with van der Waals surface area (Å²) in [5.41, 5.74) is 5.67. The van der Waals surface area contributed by atoms with Crippen molar-refractivity contribution < 1.29 is 73.5 Å². The molecule has 4 aromatic carbocycles. The van der Waals surface area contributed by atoms with Gasteiger partial charge in [0.25, 0.3) is 10.1 Å². The predicted octanol–water partition coefficient (Wildman–Crippen LogP) is 4.99. The minimum atomic E-state index is -5.02. The van der Waals surface area contributed by atoms with Crippen LogP contribution in [0, 0.1) is 11.4 Å². The number of hydrogen-bond acceptors (Lipinski definition) is 20. The van der Waals surface area contributed by atoms with E-state index in [2.05, 4.69) is 44.3 Å². The summed E-state index contributed by atoms with van der Waals surface area (Å²) >= 11 is 1.16. The molecule has 26 heteroatoms. The second-order valence-corrected chi connectivity index (χ2v) is 15.7. The highest BCUT2D eigenvalue weighted by atomic mass is 32.3. The number of sulfone groups is 1. The summed E-state index contributed by atoms with van der Waals surface area (Å²) in [6.07, 6.45) is 1.89. The summed E-state index contributed by atoms with van der Waals surface area (Å²) in [6.45, 7) is -0.0114. The number of thioether (sulfide) groups is 1. The molecular weight excluding hydrogens is 811 g/mol. The zero-order valence-corrected chi connectivity index (χ0v) is 30.5. The number of nitrogens with two attached hydrogens (primary N) is 1. The summed E-state index contributed by atoms with van der Waals surface area (Å²) in [7, 11) is -12.1. The number of aromatic hydroxyl groups is 1. The monoisotopic (exact) mass is 835 g/mol. The second kappa shape index (κ2) is 18.5. The molecule has 8 N–H and O–H groups in total. The lowest BCUT2D eigenvalue weighted by molar-refractivity contribution is -0.432. The van der Waals surface area contributed by atoms with Crippen molar-refractivity contribution in [2.75, 3.05) is 25.2 Å². The number of fused-ring (bicyclic) bond motifs is 1. The molecule has 0 spiro atoms. The van der Waals surface area contributed by atoms with E-state index in [-0.39, 0.29) is 78.9 Å². The molecule has 21 nitrogen and oxygen atoms in total. The predicted molar refractivity (Wildman–Crippen MR) is 187 cm³/mol. The highest BCUT2D eigenvalue weighted by molar-refractivity contribution is 8.04. The van der Waals surface area contributed by atoms with Gasteiger partial charge in [0.15, 0.2) is 21.7 Å². The number of rotatable bonds is 15. The van der Waals surface area contributed by atoms with Crippen LogP contribution < -0.4 is 5.73 Å². The number of ether oxygens (including phenoxy) is 1. The normalized spacial score (nSPS) is 12.2. The van der Waals surface area contributed by atoms with Gasteiger partial charge in [-0.3, -0.25) is 14.0 Å². The van der Waals surface area contributed by atoms with E-state index in [0.29, 0.717) is 4.90 Å². The smallest absolute Gasteiger partial charge is 0.433 e. The van der Waals surface area contributed by atoms with Crippen molar-refractivity contribution in [3.8, 4) is 17.1 Å². The highest BCUT2D eigenvalue weighted by Crippen LogP contribution is 2.49. The summed E-state index contributed by atoms with van der Waals surface area (Å²) in [6, 6.07) is 13.2. The van der Waals surface area contributed by atoms with Gasteiger partial charge in [-0.05, 0) is 76.8 Å². The fourth-order valence-electron chi connectivity index (χ4n) is 4.01. The fraction of sp³-hybridized carbons (Fsp3) is 0.111. The number of anilines is 1. The van der Waals surface area contributed by atoms with Crippen LogP contribution in [0.25, 0.3) is 10.8 Å². The quantitative estimate of drug-likeness (QED) is 0.0154. The number of methoxy groups -OCH3 is 1. The molecule has 0 aromatic heterocycles. The lowest BCUT2D eigenvalue weighted by atomic mass is 10.0. The Labute approximate surface area is 308 Å². The molecule has 0 bridgehead atoms. The Morgan fingerprint density at radius 2 is 1.51 bits per heavy atom. The number of phenols is 1. The van der Waals surface area contributed by atoms with Gasteiger partial charge in [0, 0.05) is 22.6 Å². The number of nitrogen functional groups attached to an aromatic ring is 1. The summed E-state index contributed by atoms with van der Waals surface area (Å²) in [5, 5.41) is 41.4. The van der Waals surface area contributed by atoms with Gasteiger partial charge in [0.05, 0.1) is 56.6 Å². The van der Waals surface area contributed by atoms with E-state index in [1.807, 2.05) is 6.11 Å². The molecule has 0 saturated heterocycles. The minimum absolute atomic E-state index is 0. The molecule has 4 rings (SSSR count). The largest absolute Gasteiger partial charge is 0.505 e. The molecule has 53 heavy (non-hydrogen) atoms. The van der Waals surface area contributed by atoms with E-state index in [0.717, 1.165) is 23.9 Å². The first-order valence-electron chi connectivity index (χ1n) is 13.5. The first-order valence-corrected chi connectivity index (χ1v) is 19.5. The van der Waals surface area contributed by atoms with E-state index in [1.165, 1.54) is 55.6 Å². The molecule has 284 valence electrons. The fourth-order valence-corrected chi connectivity index (χ4v) is 6.95. The summed E-state index contributed by atoms with van der Waals surface area (Å²) < 4.78 is 102. The lowest BCUT2D eigenvalue weighted by Gasteiger charge is -2.14. The Kier molecular flexibility index (Phi) is 15.0. The maximum Gasteiger partial charge on any atom is 0.433 e. The van der Waals surface area contributed by atoms with Crippen molar-refractivity contribution in [3.05, 3.63) is 60.7 Å². The molecule has 0 aliphatic heterocycles. The van der Waals surface area contributed by atoms with Gasteiger partial charge in [-0.25, -0.2) is 13.7 Å². The molecule has 4 aromatic rings. The third-order valence-corrected chi connectivity index (χ3v) is 10.4. The van der Waals surface area contributed by atoms with E-state index < -0.39 is 41.0 Å². The van der Waals surface area contributed by atoms with Gasteiger partial charge in [-0.1, -0.05) is 5.04 Å². The van der Waals surface area contributed by atoms with Crippen molar-refractivity contribution in [2.45, 2.75) is 19.6 Å². The third-order valence-electron chi connectivity index (χ3n) is 6.25. The van der Waals surface area contributed by atoms with Crippen LogP contribution >= 0.6 is 23.8 Å². The molecule has 0 amide bonds. The van der Waals surface area contributed by atoms with E-state index in [1.54, 1.807) is 0 Å². The Morgan fingerprint density at radius 3 is 2.09 bits per heavy atom. The first-order chi connectivity index (χ1) is 24.5. The molecule has 0 saturated carbocycles. The Balaban J connectivity index is 0.00000756. The number of nitrogens with zero attached hydrogens (tertiary/aromatic N) is 4. The van der Waals surface area contributed by atoms with Crippen LogP contribution in [0.5, 0.6) is 5.75 Å². The molecule has 0 aliphatic carbocycles. The number of benzene rings is 4. The average Bonchev–Trinajstić information content (AvgIpc) is 3.08. The van der Waals surface area contributed by atoms with E-state index in [4.69, 9.17) is 20.3 Å². The standard InChI is InChI=1S/C27H23N5O15S5.H2O/c1-43-11-13-50(35,36)19-8-4-17(5-9-19)29-31-21-15-23(51(37,38)39)20-14-22(49-46-45-34)26(27(33)24(20)25(21)28)32-30-16-2-6-18(7-3-16)48-12-10-44-47-52(40,41)42;/h2-9,14-15,33-34H,11,13,28H2,1H3,(H,37,38,39)(H,40,41,42);1H2. The van der Waals surface area contributed by atoms with Crippen LogP contribution in [0.1, 0.15) is 0 Å². The van der Waals surface area contributed by atoms with Crippen LogP contribution in [-0.2, 0) is 53.7 Å². The van der Waals surface area contributed by atoms with Crippen molar-refractivity contribution in [1.82, 2.24) is 0 Å². The van der Waals surface area contributed by atoms with Crippen LogP contribution in [0.2, 0.25) is 0 Å². The van der Waals surface area contributed by atoms with Crippen LogP contribution in [0.15, 0.2) is 101 Å². The van der Waals surface area contributed by atoms with Crippen LogP contribution in [0.3, 0.4) is 0 Å². The molecule has 0 fully saturated rings. The number of hydrogen-bond donors (Lipinski definition) is 5. The van der Waals surface area contributed by atoms with Gasteiger partial charge in [-0.15, -0.1) is 14.6 Å². The first kappa shape index (κ1) is 42.9. The Hall–Kier alpha value is -4.47. The van der Waals surface area contributed by atoms with Crippen LogP contribution in [-0.4, -0.2) is 69.7 Å². The Morgan fingerprint density at radius 1 is 0.887 bits per heavy atom. The number of azo groups is 2. The highest BCUT2D eigenvalue weighted by Gasteiger charge is 2.25. The molecular formula is C27H25N5O16S5. The SMILES string of the molecule is COCCS(=O)(=O)c1ccc(N=Nc2cc(S(=O)(=O)O)c3cc(SOOO)c(N=Nc4ccc(SC#COOS(=O)(=O)O)cc4)c(O)c3c2N)cc1.O. The zero-order valence-electron chi connectivity index (χ0n) is 26.4. The minimum Gasteiger partial charge on any atom is -0.505 e. The van der Waals surface area contributed by atoms with Gasteiger partial charge in [0.2, 0.25) is 0 Å². The maximum atomic E-state index is 12.5. The maximum absolute atomic E-state index is 12.5. The molecule has 0 radical (unpaired) electrons. The molecule has 0 aliphatic rings. The topological polar surface area (TPSA) is 336 Å². The van der Waals surface area contributed by atoms with Crippen molar-refractivity contribution in [3.63, 3.8) is 0 Å². The molecule has 0 unspecified atom stereocenters. The van der Waals surface area contributed by atoms with Crippen molar-refractivity contribution in [2.24, 2.45) is 20.5 Å². The van der Waals surface area contributed by atoms with Gasteiger partial charge >= 0.3 is 10.4 Å². The van der Waals surface area contributed by atoms with Gasteiger partial charge in [0.1, 0.15) is 16.3 Å². The van der Waals surface area contributed by atoms with E-state index in [9.17, 15) is 34.9 Å². The Bertz CT molecular complexity index is 2400. The number of phenolic OH excluding ortho intramolecular Hbond substituents is 1. The lowest BCUT2D eigenvalue weighted by Crippen LogP contribution is -2.11. The second-order valence-electron chi connectivity index (χ2n) is 9.59. The van der Waals surface area contributed by atoms with E-state index >= 15 is 0 Å². The van der Waals surface area contributed by atoms with Gasteiger partial charge in [-0.2, -0.15) is 27.1 Å². The average molecular weight is 836 g/mol. The third kappa shape index (κ3) is 11.8. The zero-order chi connectivity index (χ0) is 38.1. The van der Waals surface area contributed by atoms with Crippen molar-refractivity contribution in [1.29, 1.82) is 0 Å². The summed E-state index contributed by atoms with van der Waals surface area (Å²) in [4.78, 5) is 3.60. The molecule has 0 atom stereocenters. The summed E-state index contributed by atoms with van der Waals surface area (Å²) in [5.74, 6) is -1.01. The van der Waals surface area contributed by atoms with Gasteiger partial charge < -0.3 is 21.1 Å².